The van der Waals surface area contributed by atoms with Crippen molar-refractivity contribution in [2.75, 3.05) is 0 Å². The molecule has 0 amide bonds. The lowest BCUT2D eigenvalue weighted by Crippen LogP contribution is -2.20. The van der Waals surface area contributed by atoms with Crippen molar-refractivity contribution in [1.82, 2.24) is 0 Å². The van der Waals surface area contributed by atoms with Crippen molar-refractivity contribution in [3.8, 4) is 0 Å². The smallest absolute Gasteiger partial charge is 0.267 e. The molecule has 5 heteroatoms. The van der Waals surface area contributed by atoms with Crippen LogP contribution in [0.4, 0.5) is 0 Å². The molecule has 0 aliphatic rings. The molecule has 0 saturated carbocycles. The first-order chi connectivity index (χ1) is 10.4. The van der Waals surface area contributed by atoms with Crippen molar-refractivity contribution in [1.29, 1.82) is 0 Å². The molecule has 0 spiro atoms. The maximum absolute atomic E-state index is 11.4. The summed E-state index contributed by atoms with van der Waals surface area (Å²) in [6.07, 6.45) is 12.3. The quantitative estimate of drug-likeness (QED) is 0.335. The van der Waals surface area contributed by atoms with E-state index in [1.54, 1.807) is 6.92 Å². The van der Waals surface area contributed by atoms with Crippen LogP contribution >= 0.6 is 0 Å². The zero-order chi connectivity index (χ0) is 16.8. The lowest BCUT2D eigenvalue weighted by molar-refractivity contribution is 0.180. The van der Waals surface area contributed by atoms with Crippen LogP contribution in [0.25, 0.3) is 0 Å². The normalized spacial score (nSPS) is 14.9. The Morgan fingerprint density at radius 1 is 0.773 bits per heavy atom. The monoisotopic (exact) mass is 336 g/mol. The van der Waals surface area contributed by atoms with Crippen LogP contribution in [-0.2, 0) is 10.1 Å². The van der Waals surface area contributed by atoms with Crippen LogP contribution in [0, 0.1) is 0 Å². The first kappa shape index (κ1) is 21.9. The van der Waals surface area contributed by atoms with Gasteiger partial charge in [-0.1, -0.05) is 71.1 Å². The SMILES string of the molecule is CCCCCCCCC(CCCCCCC(C)O)S(=O)(=O)O. The zero-order valence-corrected chi connectivity index (χ0v) is 15.3. The van der Waals surface area contributed by atoms with Gasteiger partial charge in [-0.15, -0.1) is 0 Å². The van der Waals surface area contributed by atoms with Crippen molar-refractivity contribution in [2.24, 2.45) is 0 Å². The Hall–Kier alpha value is -0.130. The van der Waals surface area contributed by atoms with Crippen molar-refractivity contribution >= 4 is 10.1 Å². The molecular formula is C17H36O4S. The molecule has 0 aromatic carbocycles. The van der Waals surface area contributed by atoms with Gasteiger partial charge >= 0.3 is 0 Å². The molecular weight excluding hydrogens is 300 g/mol. The molecule has 0 aromatic rings. The second kappa shape index (κ2) is 13.3. The summed E-state index contributed by atoms with van der Waals surface area (Å²) >= 11 is 0. The van der Waals surface area contributed by atoms with Crippen molar-refractivity contribution in [3.63, 3.8) is 0 Å². The van der Waals surface area contributed by atoms with Crippen molar-refractivity contribution < 1.29 is 18.1 Å². The van der Waals surface area contributed by atoms with E-state index in [-0.39, 0.29) is 6.10 Å². The Morgan fingerprint density at radius 3 is 1.59 bits per heavy atom. The Kier molecular flexibility index (Phi) is 13.2. The van der Waals surface area contributed by atoms with E-state index < -0.39 is 15.4 Å². The van der Waals surface area contributed by atoms with Gasteiger partial charge in [0.15, 0.2) is 0 Å². The van der Waals surface area contributed by atoms with Gasteiger partial charge in [-0.2, -0.15) is 8.42 Å². The predicted octanol–water partition coefficient (Wildman–Crippen LogP) is 4.71. The minimum absolute atomic E-state index is 0.252. The number of aliphatic hydroxyl groups excluding tert-OH is 1. The highest BCUT2D eigenvalue weighted by Crippen LogP contribution is 2.19. The predicted molar refractivity (Wildman–Crippen MR) is 92.7 cm³/mol. The molecule has 2 unspecified atom stereocenters. The molecule has 0 fully saturated rings. The van der Waals surface area contributed by atoms with E-state index in [0.29, 0.717) is 12.8 Å². The molecule has 134 valence electrons. The highest BCUT2D eigenvalue weighted by molar-refractivity contribution is 7.86. The highest BCUT2D eigenvalue weighted by atomic mass is 32.2. The van der Waals surface area contributed by atoms with E-state index in [4.69, 9.17) is 5.11 Å². The molecule has 0 saturated heterocycles. The molecule has 0 radical (unpaired) electrons. The number of unbranched alkanes of at least 4 members (excludes halogenated alkanes) is 8. The summed E-state index contributed by atoms with van der Waals surface area (Å²) in [6.45, 7) is 3.96. The van der Waals surface area contributed by atoms with Crippen LogP contribution in [0.2, 0.25) is 0 Å². The van der Waals surface area contributed by atoms with Gasteiger partial charge in [-0.25, -0.2) is 0 Å². The molecule has 0 rings (SSSR count). The zero-order valence-electron chi connectivity index (χ0n) is 14.5. The standard InChI is InChI=1S/C17H36O4S/c1-3-4-5-6-7-11-14-17(22(19,20)21)15-12-9-8-10-13-16(2)18/h16-18H,3-15H2,1-2H3,(H,19,20,21). The molecule has 2 atom stereocenters. The van der Waals surface area contributed by atoms with Crippen LogP contribution in [-0.4, -0.2) is 29.4 Å². The van der Waals surface area contributed by atoms with Crippen LogP contribution in [0.15, 0.2) is 0 Å². The van der Waals surface area contributed by atoms with Gasteiger partial charge in [0.05, 0.1) is 11.4 Å². The molecule has 22 heavy (non-hydrogen) atoms. The van der Waals surface area contributed by atoms with Gasteiger partial charge < -0.3 is 5.11 Å². The molecule has 4 nitrogen and oxygen atoms in total. The summed E-state index contributed by atoms with van der Waals surface area (Å²) in [7, 11) is -3.91. The minimum atomic E-state index is -3.91. The van der Waals surface area contributed by atoms with Gasteiger partial charge in [-0.3, -0.25) is 4.55 Å². The highest BCUT2D eigenvalue weighted by Gasteiger charge is 2.21. The van der Waals surface area contributed by atoms with Crippen LogP contribution in [0.5, 0.6) is 0 Å². The van der Waals surface area contributed by atoms with Crippen LogP contribution in [0.3, 0.4) is 0 Å². The minimum Gasteiger partial charge on any atom is -0.393 e. The second-order valence-corrected chi connectivity index (χ2v) is 8.23. The van der Waals surface area contributed by atoms with Gasteiger partial charge in [0.25, 0.3) is 10.1 Å². The first-order valence-electron chi connectivity index (χ1n) is 9.02. The Morgan fingerprint density at radius 2 is 1.18 bits per heavy atom. The fourth-order valence-corrected chi connectivity index (χ4v) is 3.69. The Bertz CT molecular complexity index is 339. The Labute approximate surface area is 137 Å². The lowest BCUT2D eigenvalue weighted by Gasteiger charge is -2.13. The van der Waals surface area contributed by atoms with E-state index in [1.807, 2.05) is 0 Å². The maximum Gasteiger partial charge on any atom is 0.267 e. The average molecular weight is 337 g/mol. The molecule has 0 aliphatic heterocycles. The van der Waals surface area contributed by atoms with Crippen molar-refractivity contribution in [2.45, 2.75) is 109 Å². The molecule has 0 aromatic heterocycles. The first-order valence-corrected chi connectivity index (χ1v) is 10.5. The largest absolute Gasteiger partial charge is 0.393 e. The molecule has 0 bridgehead atoms. The third kappa shape index (κ3) is 13.5. The topological polar surface area (TPSA) is 74.6 Å². The van der Waals surface area contributed by atoms with Gasteiger partial charge in [-0.05, 0) is 26.2 Å². The fourth-order valence-electron chi connectivity index (χ4n) is 2.76. The number of hydrogen-bond acceptors (Lipinski definition) is 3. The van der Waals surface area contributed by atoms with E-state index >= 15 is 0 Å². The summed E-state index contributed by atoms with van der Waals surface area (Å²) in [5.74, 6) is 0. The number of hydrogen-bond donors (Lipinski definition) is 2. The number of aliphatic hydroxyl groups is 1. The van der Waals surface area contributed by atoms with E-state index in [0.717, 1.165) is 51.4 Å². The number of rotatable bonds is 15. The van der Waals surface area contributed by atoms with E-state index in [9.17, 15) is 13.0 Å². The summed E-state index contributed by atoms with van der Waals surface area (Å²) in [6, 6.07) is 0. The van der Waals surface area contributed by atoms with E-state index in [1.165, 1.54) is 19.3 Å². The van der Waals surface area contributed by atoms with Gasteiger partial charge in [0.1, 0.15) is 0 Å². The molecule has 0 aliphatic carbocycles. The molecule has 0 heterocycles. The molecule has 2 N–H and O–H groups in total. The average Bonchev–Trinajstić information content (AvgIpc) is 2.42. The Balaban J connectivity index is 3.81. The fraction of sp³-hybridized carbons (Fsp3) is 1.00. The summed E-state index contributed by atoms with van der Waals surface area (Å²) < 4.78 is 32.2. The van der Waals surface area contributed by atoms with E-state index in [2.05, 4.69) is 6.92 Å². The van der Waals surface area contributed by atoms with Crippen LogP contribution in [0.1, 0.15) is 97.3 Å². The van der Waals surface area contributed by atoms with Gasteiger partial charge in [0.2, 0.25) is 0 Å². The second-order valence-electron chi connectivity index (χ2n) is 6.53. The summed E-state index contributed by atoms with van der Waals surface area (Å²) in [4.78, 5) is 0. The third-order valence-electron chi connectivity index (χ3n) is 4.20. The van der Waals surface area contributed by atoms with Crippen molar-refractivity contribution in [3.05, 3.63) is 0 Å². The summed E-state index contributed by atoms with van der Waals surface area (Å²) in [5, 5.41) is 8.58. The van der Waals surface area contributed by atoms with Gasteiger partial charge in [0, 0.05) is 0 Å². The summed E-state index contributed by atoms with van der Waals surface area (Å²) in [5.41, 5.74) is 0. The van der Waals surface area contributed by atoms with Crippen LogP contribution < -0.4 is 0 Å². The lowest BCUT2D eigenvalue weighted by atomic mass is 10.0. The third-order valence-corrected chi connectivity index (χ3v) is 5.51. The maximum atomic E-state index is 11.4.